The average molecular weight is 466 g/mol. The second kappa shape index (κ2) is 10.4. The lowest BCUT2D eigenvalue weighted by molar-refractivity contribution is -0.914. The average Bonchev–Trinajstić information content (AvgIpc) is 2.50. The summed E-state index contributed by atoms with van der Waals surface area (Å²) >= 11 is 0. The highest BCUT2D eigenvalue weighted by molar-refractivity contribution is 8.13. The van der Waals surface area contributed by atoms with Gasteiger partial charge in [0, 0.05) is 13.0 Å². The van der Waals surface area contributed by atoms with E-state index in [0.29, 0.717) is 0 Å². The summed E-state index contributed by atoms with van der Waals surface area (Å²) < 4.78 is 116. The lowest BCUT2D eigenvalue weighted by Gasteiger charge is -2.37. The summed E-state index contributed by atoms with van der Waals surface area (Å²) in [5.41, 5.74) is -12.4. The van der Waals surface area contributed by atoms with Crippen LogP contribution in [-0.4, -0.2) is 72.2 Å². The van der Waals surface area contributed by atoms with E-state index in [-0.39, 0.29) is 0 Å². The topological polar surface area (TPSA) is 91.6 Å². The number of halogens is 6. The fraction of sp³-hybridized carbons (Fsp3) is 1.00. The number of hydrogen-bond donors (Lipinski definition) is 0. The van der Waals surface area contributed by atoms with E-state index in [1.165, 1.54) is 49.8 Å². The Morgan fingerprint density at radius 1 is 0.893 bits per heavy atom. The molecule has 170 valence electrons. The summed E-state index contributed by atoms with van der Waals surface area (Å²) in [6.07, 6.45) is 5.51. The summed E-state index contributed by atoms with van der Waals surface area (Å²) in [7, 11) is -11.0. The maximum absolute atomic E-state index is 11.4. The van der Waals surface area contributed by atoms with Gasteiger partial charge < -0.3 is 13.3 Å². The lowest BCUT2D eigenvalue weighted by Crippen LogP contribution is -2.48. The molecule has 1 rings (SSSR count). The van der Waals surface area contributed by atoms with Crippen LogP contribution in [0, 0.1) is 0 Å². The number of piperidine rings is 1. The van der Waals surface area contributed by atoms with Gasteiger partial charge in [-0.1, -0.05) is 0 Å². The van der Waals surface area contributed by atoms with E-state index >= 15 is 0 Å². The fourth-order valence-electron chi connectivity index (χ4n) is 2.41. The lowest BCUT2D eigenvalue weighted by atomic mass is 10.1. The van der Waals surface area contributed by atoms with Crippen LogP contribution >= 0.6 is 0 Å². The van der Waals surface area contributed by atoms with Gasteiger partial charge in [0.15, 0.2) is 20.0 Å². The van der Waals surface area contributed by atoms with Gasteiger partial charge in [-0.15, -0.1) is 0 Å². The molecule has 0 aromatic rings. The van der Waals surface area contributed by atoms with Crippen LogP contribution in [0.15, 0.2) is 0 Å². The predicted octanol–water partition coefficient (Wildman–Crippen LogP) is 3.10. The van der Waals surface area contributed by atoms with E-state index in [4.69, 9.17) is 4.74 Å². The summed E-state index contributed by atoms with van der Waals surface area (Å²) in [6, 6.07) is 0. The van der Waals surface area contributed by atoms with Crippen molar-refractivity contribution in [2.45, 2.75) is 43.6 Å². The highest BCUT2D eigenvalue weighted by Crippen LogP contribution is 2.36. The Hall–Kier alpha value is -0.640. The molecule has 0 atom stereocenters. The van der Waals surface area contributed by atoms with Crippen molar-refractivity contribution in [3.05, 3.63) is 4.13 Å². The SMILES string of the molecule is CCOCCC[N+]1(C)CCCCC1.O=S(=O)([N-]S(=O)(=O)C(F)(F)F)C(F)(F)F. The number of likely N-dealkylation sites (tertiary alicyclic amines) is 1. The first-order valence-electron chi connectivity index (χ1n) is 8.25. The molecule has 0 aromatic heterocycles. The molecule has 7 nitrogen and oxygen atoms in total. The molecule has 1 aliphatic rings. The van der Waals surface area contributed by atoms with Crippen molar-refractivity contribution in [1.82, 2.24) is 0 Å². The Kier molecular flexibility index (Phi) is 10.2. The molecule has 1 saturated heterocycles. The Balaban J connectivity index is 0.000000525. The van der Waals surface area contributed by atoms with Crippen LogP contribution in [0.1, 0.15) is 32.6 Å². The normalized spacial score (nSPS) is 18.3. The van der Waals surface area contributed by atoms with Crippen LogP contribution in [0.5, 0.6) is 0 Å². The highest BCUT2D eigenvalue weighted by Gasteiger charge is 2.46. The first-order valence-corrected chi connectivity index (χ1v) is 11.1. The largest absolute Gasteiger partial charge is 0.480 e. The summed E-state index contributed by atoms with van der Waals surface area (Å²) in [5, 5.41) is 0. The maximum Gasteiger partial charge on any atom is 0.480 e. The molecular formula is C13H24F6N2O5S2. The van der Waals surface area contributed by atoms with Crippen LogP contribution in [0.2, 0.25) is 0 Å². The minimum Gasteiger partial charge on any atom is -0.421 e. The van der Waals surface area contributed by atoms with Crippen LogP contribution in [0.4, 0.5) is 26.3 Å². The van der Waals surface area contributed by atoms with Gasteiger partial charge in [-0.25, -0.2) is 16.8 Å². The second-order valence-corrected chi connectivity index (χ2v) is 9.74. The number of alkyl halides is 6. The van der Waals surface area contributed by atoms with Crippen molar-refractivity contribution < 1.29 is 52.4 Å². The van der Waals surface area contributed by atoms with Gasteiger partial charge in [0.25, 0.3) is 0 Å². The van der Waals surface area contributed by atoms with Crippen molar-refractivity contribution in [3.63, 3.8) is 0 Å². The molecule has 0 radical (unpaired) electrons. The van der Waals surface area contributed by atoms with Gasteiger partial charge in [-0.3, -0.25) is 0 Å². The first-order chi connectivity index (χ1) is 12.5. The predicted molar refractivity (Wildman–Crippen MR) is 89.1 cm³/mol. The third-order valence-corrected chi connectivity index (χ3v) is 6.61. The molecule has 15 heteroatoms. The van der Waals surface area contributed by atoms with E-state index in [2.05, 4.69) is 14.0 Å². The zero-order valence-corrected chi connectivity index (χ0v) is 17.0. The Labute approximate surface area is 160 Å². The van der Waals surface area contributed by atoms with Gasteiger partial charge >= 0.3 is 11.0 Å². The van der Waals surface area contributed by atoms with Crippen molar-refractivity contribution in [3.8, 4) is 0 Å². The molecule has 1 fully saturated rings. The highest BCUT2D eigenvalue weighted by atomic mass is 32.3. The number of quaternary nitrogens is 1. The number of sulfonamides is 2. The number of ether oxygens (including phenoxy) is 1. The van der Waals surface area contributed by atoms with E-state index in [1.54, 1.807) is 0 Å². The minimum atomic E-state index is -6.72. The zero-order valence-electron chi connectivity index (χ0n) is 15.4. The van der Waals surface area contributed by atoms with Gasteiger partial charge in [-0.05, 0) is 26.2 Å². The van der Waals surface area contributed by atoms with Crippen molar-refractivity contribution in [2.24, 2.45) is 0 Å². The van der Waals surface area contributed by atoms with E-state index in [0.717, 1.165) is 17.3 Å². The molecule has 0 amide bonds. The summed E-state index contributed by atoms with van der Waals surface area (Å²) in [4.78, 5) is 0. The number of hydrogen-bond acceptors (Lipinski definition) is 5. The fourth-order valence-corrected chi connectivity index (χ4v) is 4.12. The van der Waals surface area contributed by atoms with Crippen molar-refractivity contribution in [1.29, 1.82) is 0 Å². The van der Waals surface area contributed by atoms with Crippen molar-refractivity contribution in [2.75, 3.05) is 39.9 Å². The van der Waals surface area contributed by atoms with Gasteiger partial charge in [0.05, 0.1) is 33.3 Å². The van der Waals surface area contributed by atoms with Gasteiger partial charge in [0.2, 0.25) is 0 Å². The number of nitrogens with zero attached hydrogens (tertiary/aromatic N) is 2. The van der Waals surface area contributed by atoms with Crippen molar-refractivity contribution >= 4 is 20.0 Å². The minimum absolute atomic E-state index is 0.778. The Morgan fingerprint density at radius 2 is 1.32 bits per heavy atom. The molecule has 0 N–H and O–H groups in total. The van der Waals surface area contributed by atoms with E-state index < -0.39 is 31.1 Å². The molecule has 0 saturated carbocycles. The molecule has 1 aliphatic heterocycles. The summed E-state index contributed by atoms with van der Waals surface area (Å²) in [6.45, 7) is 7.95. The quantitative estimate of drug-likeness (QED) is 0.327. The summed E-state index contributed by atoms with van der Waals surface area (Å²) in [5.74, 6) is 0. The first kappa shape index (κ1) is 27.4. The van der Waals surface area contributed by atoms with E-state index in [1.807, 2.05) is 0 Å². The molecule has 0 aliphatic carbocycles. The maximum atomic E-state index is 11.4. The van der Waals surface area contributed by atoms with Crippen LogP contribution < -0.4 is 0 Å². The third kappa shape index (κ3) is 9.24. The molecule has 28 heavy (non-hydrogen) atoms. The zero-order chi connectivity index (χ0) is 22.3. The van der Waals surface area contributed by atoms with Gasteiger partial charge in [0.1, 0.15) is 0 Å². The van der Waals surface area contributed by atoms with Crippen LogP contribution in [0.25, 0.3) is 4.13 Å². The van der Waals surface area contributed by atoms with Crippen LogP contribution in [0.3, 0.4) is 0 Å². The Bertz CT molecular complexity index is 629. The third-order valence-electron chi connectivity index (χ3n) is 3.87. The van der Waals surface area contributed by atoms with E-state index in [9.17, 15) is 43.2 Å². The second-order valence-electron chi connectivity index (χ2n) is 6.32. The van der Waals surface area contributed by atoms with Crippen LogP contribution in [-0.2, 0) is 24.8 Å². The molecule has 1 heterocycles. The molecule has 0 bridgehead atoms. The molecule has 0 aromatic carbocycles. The number of rotatable bonds is 7. The standard InChI is InChI=1S/C11H24NO.C2F6NO4S2/c1-3-13-11-7-10-12(2)8-5-4-6-9-12;3-1(4,5)14(10,11)9-15(12,13)2(6,7)8/h3-11H2,1-2H3;/q+1;-1. The van der Waals surface area contributed by atoms with Gasteiger partial charge in [-0.2, -0.15) is 26.3 Å². The Morgan fingerprint density at radius 3 is 1.68 bits per heavy atom. The molecule has 0 unspecified atom stereocenters. The molecule has 0 spiro atoms. The monoisotopic (exact) mass is 466 g/mol. The smallest absolute Gasteiger partial charge is 0.421 e. The molecular weight excluding hydrogens is 442 g/mol.